The van der Waals surface area contributed by atoms with Crippen LogP contribution in [0.3, 0.4) is 0 Å². The van der Waals surface area contributed by atoms with E-state index in [2.05, 4.69) is 66.5 Å². The van der Waals surface area contributed by atoms with E-state index in [-0.39, 0.29) is 0 Å². The topological polar surface area (TPSA) is 25.0 Å². The van der Waals surface area contributed by atoms with E-state index in [4.69, 9.17) is 4.74 Å². The smallest absolute Gasteiger partial charge is 0.118 e. The van der Waals surface area contributed by atoms with Gasteiger partial charge in [0.05, 0.1) is 12.8 Å². The van der Waals surface area contributed by atoms with E-state index in [1.165, 1.54) is 33.2 Å². The van der Waals surface area contributed by atoms with Gasteiger partial charge in [-0.15, -0.1) is 0 Å². The Kier molecular flexibility index (Phi) is 3.58. The van der Waals surface area contributed by atoms with Crippen LogP contribution in [0.15, 0.2) is 72.8 Å². The van der Waals surface area contributed by atoms with Gasteiger partial charge >= 0.3 is 0 Å². The van der Waals surface area contributed by atoms with Gasteiger partial charge in [-0.2, -0.15) is 0 Å². The largest absolute Gasteiger partial charge is 0.497 e. The number of fused-ring (bicyclic) bond motifs is 1. The fourth-order valence-electron chi connectivity index (χ4n) is 3.29. The second kappa shape index (κ2) is 5.89. The number of benzene rings is 3. The predicted molar refractivity (Wildman–Crippen MR) is 100 cm³/mol. The summed E-state index contributed by atoms with van der Waals surface area (Å²) >= 11 is 0. The molecular weight excluding hydrogens is 294 g/mol. The summed E-state index contributed by atoms with van der Waals surface area (Å²) in [6.45, 7) is 2.16. The molecule has 0 bridgehead atoms. The van der Waals surface area contributed by atoms with E-state index in [0.717, 1.165) is 11.4 Å². The van der Waals surface area contributed by atoms with Gasteiger partial charge in [0, 0.05) is 16.5 Å². The van der Waals surface area contributed by atoms with Crippen molar-refractivity contribution in [3.8, 4) is 28.1 Å². The monoisotopic (exact) mass is 313 g/mol. The van der Waals surface area contributed by atoms with Crippen LogP contribution >= 0.6 is 0 Å². The summed E-state index contributed by atoms with van der Waals surface area (Å²) in [6.07, 6.45) is 0. The number of methoxy groups -OCH3 is 1. The van der Waals surface area contributed by atoms with Crippen molar-refractivity contribution in [3.63, 3.8) is 0 Å². The predicted octanol–water partition coefficient (Wildman–Crippen LogP) is 5.82. The molecule has 0 fully saturated rings. The molecule has 0 saturated heterocycles. The fourth-order valence-corrected chi connectivity index (χ4v) is 3.29. The molecular formula is C22H19NO. The van der Waals surface area contributed by atoms with E-state index >= 15 is 0 Å². The number of ether oxygens (including phenoxy) is 1. The van der Waals surface area contributed by atoms with Crippen LogP contribution < -0.4 is 4.74 Å². The highest BCUT2D eigenvalue weighted by molar-refractivity contribution is 6.05. The van der Waals surface area contributed by atoms with E-state index in [9.17, 15) is 0 Å². The number of hydrogen-bond donors (Lipinski definition) is 1. The van der Waals surface area contributed by atoms with Gasteiger partial charge in [-0.3, -0.25) is 0 Å². The molecule has 0 spiro atoms. The first kappa shape index (κ1) is 14.6. The zero-order valence-corrected chi connectivity index (χ0v) is 13.8. The lowest BCUT2D eigenvalue weighted by molar-refractivity contribution is 0.415. The number of rotatable bonds is 3. The molecule has 1 heterocycles. The van der Waals surface area contributed by atoms with Crippen LogP contribution in [-0.4, -0.2) is 12.1 Å². The highest BCUT2D eigenvalue weighted by Gasteiger charge is 2.16. The molecule has 1 aromatic heterocycles. The first-order chi connectivity index (χ1) is 11.8. The summed E-state index contributed by atoms with van der Waals surface area (Å²) in [7, 11) is 1.69. The molecule has 0 amide bonds. The molecule has 0 aliphatic carbocycles. The SMILES string of the molecule is COc1ccc(-c2c(-c3ccccc3)[nH]c3cccc(C)c23)cc1. The minimum Gasteiger partial charge on any atom is -0.497 e. The lowest BCUT2D eigenvalue weighted by Crippen LogP contribution is -1.85. The van der Waals surface area contributed by atoms with Gasteiger partial charge in [0.1, 0.15) is 5.75 Å². The second-order valence-corrected chi connectivity index (χ2v) is 5.97. The minimum absolute atomic E-state index is 0.872. The average Bonchev–Trinajstić information content (AvgIpc) is 3.03. The molecule has 2 heteroatoms. The molecule has 0 saturated carbocycles. The lowest BCUT2D eigenvalue weighted by atomic mass is 9.96. The summed E-state index contributed by atoms with van der Waals surface area (Å²) < 4.78 is 5.30. The van der Waals surface area contributed by atoms with Gasteiger partial charge in [0.25, 0.3) is 0 Å². The van der Waals surface area contributed by atoms with Crippen molar-refractivity contribution in [2.45, 2.75) is 6.92 Å². The molecule has 1 N–H and O–H groups in total. The van der Waals surface area contributed by atoms with Crippen molar-refractivity contribution >= 4 is 10.9 Å². The van der Waals surface area contributed by atoms with E-state index in [1.807, 2.05) is 18.2 Å². The number of nitrogens with one attached hydrogen (secondary N) is 1. The zero-order valence-electron chi connectivity index (χ0n) is 13.8. The molecule has 4 rings (SSSR count). The summed E-state index contributed by atoms with van der Waals surface area (Å²) in [6, 6.07) is 25.2. The number of H-pyrrole nitrogens is 1. The molecule has 3 aromatic carbocycles. The molecule has 0 aliphatic rings. The first-order valence-electron chi connectivity index (χ1n) is 8.09. The highest BCUT2D eigenvalue weighted by atomic mass is 16.5. The Hall–Kier alpha value is -3.00. The maximum atomic E-state index is 5.30. The van der Waals surface area contributed by atoms with E-state index in [1.54, 1.807) is 7.11 Å². The molecule has 118 valence electrons. The summed E-state index contributed by atoms with van der Waals surface area (Å²) in [4.78, 5) is 3.62. The fraction of sp³-hybridized carbons (Fsp3) is 0.0909. The summed E-state index contributed by atoms with van der Waals surface area (Å²) in [5.74, 6) is 0.872. The van der Waals surface area contributed by atoms with Crippen molar-refractivity contribution in [1.82, 2.24) is 4.98 Å². The van der Waals surface area contributed by atoms with Gasteiger partial charge < -0.3 is 9.72 Å². The van der Waals surface area contributed by atoms with Gasteiger partial charge in [0.15, 0.2) is 0 Å². The van der Waals surface area contributed by atoms with Crippen molar-refractivity contribution in [3.05, 3.63) is 78.4 Å². The van der Waals surface area contributed by atoms with Crippen molar-refractivity contribution in [2.24, 2.45) is 0 Å². The quantitative estimate of drug-likeness (QED) is 0.506. The lowest BCUT2D eigenvalue weighted by Gasteiger charge is -2.08. The standard InChI is InChI=1S/C22H19NO/c1-15-7-6-10-19-20(15)21(16-11-13-18(24-2)14-12-16)22(23-19)17-8-4-3-5-9-17/h3-14,23H,1-2H3. The van der Waals surface area contributed by atoms with Crippen LogP contribution in [0, 0.1) is 6.92 Å². The van der Waals surface area contributed by atoms with Gasteiger partial charge in [-0.25, -0.2) is 0 Å². The molecule has 0 radical (unpaired) electrons. The summed E-state index contributed by atoms with van der Waals surface area (Å²) in [5, 5.41) is 1.28. The Balaban J connectivity index is 2.03. The van der Waals surface area contributed by atoms with E-state index in [0.29, 0.717) is 0 Å². The number of hydrogen-bond acceptors (Lipinski definition) is 1. The highest BCUT2D eigenvalue weighted by Crippen LogP contribution is 2.40. The molecule has 0 aliphatic heterocycles. The first-order valence-corrected chi connectivity index (χ1v) is 8.09. The minimum atomic E-state index is 0.872. The van der Waals surface area contributed by atoms with Crippen LogP contribution in [0.4, 0.5) is 0 Å². The van der Waals surface area contributed by atoms with Gasteiger partial charge in [-0.05, 0) is 41.8 Å². The van der Waals surface area contributed by atoms with E-state index < -0.39 is 0 Å². The Morgan fingerprint density at radius 1 is 0.750 bits per heavy atom. The Morgan fingerprint density at radius 2 is 1.50 bits per heavy atom. The van der Waals surface area contributed by atoms with Crippen LogP contribution in [0.5, 0.6) is 5.75 Å². The molecule has 4 aromatic rings. The maximum Gasteiger partial charge on any atom is 0.118 e. The normalized spacial score (nSPS) is 10.9. The van der Waals surface area contributed by atoms with Crippen LogP contribution in [0.1, 0.15) is 5.56 Å². The molecule has 24 heavy (non-hydrogen) atoms. The average molecular weight is 313 g/mol. The molecule has 0 atom stereocenters. The molecule has 0 unspecified atom stereocenters. The third-order valence-electron chi connectivity index (χ3n) is 4.47. The number of aromatic amines is 1. The Labute approximate surface area is 141 Å². The van der Waals surface area contributed by atoms with Crippen LogP contribution in [0.25, 0.3) is 33.3 Å². The summed E-state index contributed by atoms with van der Waals surface area (Å²) in [5.41, 5.74) is 7.23. The third-order valence-corrected chi connectivity index (χ3v) is 4.47. The Morgan fingerprint density at radius 3 is 2.21 bits per heavy atom. The van der Waals surface area contributed by atoms with Crippen LogP contribution in [0.2, 0.25) is 0 Å². The number of aromatic nitrogens is 1. The number of aryl methyl sites for hydroxylation is 1. The second-order valence-electron chi connectivity index (χ2n) is 5.97. The van der Waals surface area contributed by atoms with Crippen molar-refractivity contribution in [1.29, 1.82) is 0 Å². The Bertz CT molecular complexity index is 982. The zero-order chi connectivity index (χ0) is 16.5. The maximum absolute atomic E-state index is 5.30. The third kappa shape index (κ3) is 2.37. The van der Waals surface area contributed by atoms with Crippen LogP contribution in [-0.2, 0) is 0 Å². The van der Waals surface area contributed by atoms with Crippen molar-refractivity contribution < 1.29 is 4.74 Å². The van der Waals surface area contributed by atoms with Gasteiger partial charge in [-0.1, -0.05) is 54.6 Å². The molecule has 2 nitrogen and oxygen atoms in total. The van der Waals surface area contributed by atoms with Crippen molar-refractivity contribution in [2.75, 3.05) is 7.11 Å². The van der Waals surface area contributed by atoms with Gasteiger partial charge in [0.2, 0.25) is 0 Å².